The fourth-order valence-electron chi connectivity index (χ4n) is 4.30. The second-order valence-electron chi connectivity index (χ2n) is 7.88. The molecule has 5 rings (SSSR count). The second kappa shape index (κ2) is 9.11. The molecule has 160 valence electrons. The van der Waals surface area contributed by atoms with Crippen molar-refractivity contribution >= 4 is 23.2 Å². The number of carbonyl (C=O) groups excluding carboxylic acids is 1. The van der Waals surface area contributed by atoms with Crippen molar-refractivity contribution in [2.24, 2.45) is 0 Å². The van der Waals surface area contributed by atoms with Crippen LogP contribution in [0.2, 0.25) is 0 Å². The van der Waals surface area contributed by atoms with E-state index in [2.05, 4.69) is 14.9 Å². The van der Waals surface area contributed by atoms with Gasteiger partial charge in [-0.1, -0.05) is 12.1 Å². The molecular weight excluding hydrogens is 410 g/mol. The summed E-state index contributed by atoms with van der Waals surface area (Å²) in [5, 5.41) is 1.95. The van der Waals surface area contributed by atoms with Crippen molar-refractivity contribution in [2.45, 2.75) is 18.8 Å². The topological polar surface area (TPSA) is 71.5 Å². The molecule has 1 unspecified atom stereocenters. The van der Waals surface area contributed by atoms with Crippen LogP contribution in [0.3, 0.4) is 0 Å². The van der Waals surface area contributed by atoms with Gasteiger partial charge in [0, 0.05) is 61.8 Å². The summed E-state index contributed by atoms with van der Waals surface area (Å²) in [5.74, 6) is 1.02. The fourth-order valence-corrected chi connectivity index (χ4v) is 4.99. The number of thiophene rings is 1. The summed E-state index contributed by atoms with van der Waals surface area (Å²) in [7, 11) is 0. The monoisotopic (exact) mass is 435 g/mol. The van der Waals surface area contributed by atoms with E-state index in [0.717, 1.165) is 60.1 Å². The molecule has 2 saturated heterocycles. The van der Waals surface area contributed by atoms with Gasteiger partial charge in [0.2, 0.25) is 5.95 Å². The molecule has 0 saturated carbocycles. The number of hydrogen-bond acceptors (Lipinski definition) is 7. The van der Waals surface area contributed by atoms with Crippen LogP contribution in [0.15, 0.2) is 48.2 Å². The normalized spacial score (nSPS) is 19.4. The van der Waals surface area contributed by atoms with Crippen LogP contribution in [0.1, 0.15) is 34.1 Å². The van der Waals surface area contributed by atoms with Gasteiger partial charge >= 0.3 is 0 Å². The highest BCUT2D eigenvalue weighted by Gasteiger charge is 2.29. The molecule has 5 heterocycles. The summed E-state index contributed by atoms with van der Waals surface area (Å²) in [5.41, 5.74) is 3.02. The average molecular weight is 436 g/mol. The minimum absolute atomic E-state index is 0.116. The SMILES string of the molecule is O=C(c1cccs1)N1CCCC(c2nc(N3CCOCC3)ncc2-c2cccnc2)C1. The number of amides is 1. The molecule has 3 aromatic rings. The number of anilines is 1. The number of rotatable bonds is 4. The molecule has 7 nitrogen and oxygen atoms in total. The van der Waals surface area contributed by atoms with Gasteiger partial charge in [-0.05, 0) is 30.4 Å². The Bertz CT molecular complexity index is 1020. The van der Waals surface area contributed by atoms with Crippen molar-refractivity contribution in [1.29, 1.82) is 0 Å². The van der Waals surface area contributed by atoms with Gasteiger partial charge in [-0.3, -0.25) is 9.78 Å². The van der Waals surface area contributed by atoms with Crippen molar-refractivity contribution < 1.29 is 9.53 Å². The Morgan fingerprint density at radius 2 is 2.03 bits per heavy atom. The van der Waals surface area contributed by atoms with Crippen LogP contribution in [0, 0.1) is 0 Å². The molecule has 0 aliphatic carbocycles. The molecule has 0 spiro atoms. The van der Waals surface area contributed by atoms with Crippen LogP contribution in [-0.4, -0.2) is 65.2 Å². The van der Waals surface area contributed by atoms with E-state index in [4.69, 9.17) is 9.72 Å². The highest BCUT2D eigenvalue weighted by atomic mass is 32.1. The number of hydrogen-bond donors (Lipinski definition) is 0. The third-order valence-electron chi connectivity index (χ3n) is 5.90. The number of nitrogens with zero attached hydrogens (tertiary/aromatic N) is 5. The minimum Gasteiger partial charge on any atom is -0.378 e. The summed E-state index contributed by atoms with van der Waals surface area (Å²) in [4.78, 5) is 31.9. The van der Waals surface area contributed by atoms with E-state index >= 15 is 0 Å². The third-order valence-corrected chi connectivity index (χ3v) is 6.76. The van der Waals surface area contributed by atoms with E-state index < -0.39 is 0 Å². The molecule has 0 N–H and O–H groups in total. The zero-order chi connectivity index (χ0) is 21.0. The summed E-state index contributed by atoms with van der Waals surface area (Å²) in [6, 6.07) is 7.81. The van der Waals surface area contributed by atoms with Crippen molar-refractivity contribution in [3.63, 3.8) is 0 Å². The fraction of sp³-hybridized carbons (Fsp3) is 0.391. The van der Waals surface area contributed by atoms with E-state index in [1.165, 1.54) is 11.3 Å². The Morgan fingerprint density at radius 3 is 2.81 bits per heavy atom. The van der Waals surface area contributed by atoms with Gasteiger partial charge in [0.25, 0.3) is 5.91 Å². The van der Waals surface area contributed by atoms with E-state index in [9.17, 15) is 4.79 Å². The lowest BCUT2D eigenvalue weighted by Crippen LogP contribution is -2.40. The molecule has 0 radical (unpaired) electrons. The molecule has 8 heteroatoms. The molecule has 1 atom stereocenters. The van der Waals surface area contributed by atoms with Gasteiger partial charge in [0.05, 0.1) is 23.8 Å². The Morgan fingerprint density at radius 1 is 1.13 bits per heavy atom. The predicted molar refractivity (Wildman–Crippen MR) is 120 cm³/mol. The van der Waals surface area contributed by atoms with Gasteiger partial charge in [0.15, 0.2) is 0 Å². The van der Waals surface area contributed by atoms with Crippen LogP contribution >= 0.6 is 11.3 Å². The lowest BCUT2D eigenvalue weighted by Gasteiger charge is -2.34. The molecule has 2 aliphatic rings. The molecule has 2 aliphatic heterocycles. The van der Waals surface area contributed by atoms with Gasteiger partial charge in [-0.25, -0.2) is 9.97 Å². The van der Waals surface area contributed by atoms with E-state index in [0.29, 0.717) is 19.8 Å². The highest BCUT2D eigenvalue weighted by Crippen LogP contribution is 2.34. The van der Waals surface area contributed by atoms with E-state index in [-0.39, 0.29) is 11.8 Å². The first-order chi connectivity index (χ1) is 15.3. The second-order valence-corrected chi connectivity index (χ2v) is 8.83. The number of piperidine rings is 1. The lowest BCUT2D eigenvalue weighted by molar-refractivity contribution is 0.0711. The quantitative estimate of drug-likeness (QED) is 0.625. The zero-order valence-corrected chi connectivity index (χ0v) is 18.1. The third kappa shape index (κ3) is 4.31. The van der Waals surface area contributed by atoms with Gasteiger partial charge < -0.3 is 14.5 Å². The van der Waals surface area contributed by atoms with Gasteiger partial charge in [0.1, 0.15) is 0 Å². The standard InChI is InChI=1S/C23H25N5O2S/c29-22(20-6-3-13-31-20)28-8-2-5-18(16-28)21-19(17-4-1-7-24-14-17)15-25-23(26-21)27-9-11-30-12-10-27/h1,3-4,6-7,13-15,18H,2,5,8-12,16H2. The smallest absolute Gasteiger partial charge is 0.263 e. The number of carbonyl (C=O) groups is 1. The largest absolute Gasteiger partial charge is 0.378 e. The first-order valence-electron chi connectivity index (χ1n) is 10.7. The maximum atomic E-state index is 13.0. The van der Waals surface area contributed by atoms with Gasteiger partial charge in [-0.15, -0.1) is 11.3 Å². The number of ether oxygens (including phenoxy) is 1. The van der Waals surface area contributed by atoms with Crippen LogP contribution in [-0.2, 0) is 4.74 Å². The van der Waals surface area contributed by atoms with Crippen LogP contribution < -0.4 is 4.90 Å². The summed E-state index contributed by atoms with van der Waals surface area (Å²) in [6.07, 6.45) is 7.51. The number of morpholine rings is 1. The molecule has 0 bridgehead atoms. The van der Waals surface area contributed by atoms with Crippen molar-refractivity contribution in [1.82, 2.24) is 19.9 Å². The van der Waals surface area contributed by atoms with Crippen LogP contribution in [0.5, 0.6) is 0 Å². The van der Waals surface area contributed by atoms with Crippen molar-refractivity contribution in [3.05, 3.63) is 58.8 Å². The first-order valence-corrected chi connectivity index (χ1v) is 11.6. The van der Waals surface area contributed by atoms with Crippen molar-refractivity contribution in [3.8, 4) is 11.1 Å². The number of aromatic nitrogens is 3. The Balaban J connectivity index is 1.48. The Labute approximate surface area is 185 Å². The maximum absolute atomic E-state index is 13.0. The van der Waals surface area contributed by atoms with Crippen LogP contribution in [0.4, 0.5) is 5.95 Å². The molecule has 1 amide bonds. The molecular formula is C23H25N5O2S. The highest BCUT2D eigenvalue weighted by molar-refractivity contribution is 7.12. The molecule has 0 aromatic carbocycles. The van der Waals surface area contributed by atoms with Crippen LogP contribution in [0.25, 0.3) is 11.1 Å². The van der Waals surface area contributed by atoms with Gasteiger partial charge in [-0.2, -0.15) is 0 Å². The summed E-state index contributed by atoms with van der Waals surface area (Å²) in [6.45, 7) is 4.42. The Hall–Kier alpha value is -2.84. The van der Waals surface area contributed by atoms with E-state index in [1.54, 1.807) is 6.20 Å². The molecule has 3 aromatic heterocycles. The predicted octanol–water partition coefficient (Wildman–Crippen LogP) is 3.46. The molecule has 31 heavy (non-hydrogen) atoms. The van der Waals surface area contributed by atoms with Crippen molar-refractivity contribution in [2.75, 3.05) is 44.3 Å². The zero-order valence-electron chi connectivity index (χ0n) is 17.3. The average Bonchev–Trinajstić information content (AvgIpc) is 3.39. The summed E-state index contributed by atoms with van der Waals surface area (Å²) < 4.78 is 5.49. The van der Waals surface area contributed by atoms with E-state index in [1.807, 2.05) is 46.9 Å². The lowest BCUT2D eigenvalue weighted by atomic mass is 9.90. The molecule has 2 fully saturated rings. The maximum Gasteiger partial charge on any atom is 0.263 e. The number of pyridine rings is 1. The first kappa shape index (κ1) is 20.1. The Kier molecular flexibility index (Phi) is 5.90. The minimum atomic E-state index is 0.116. The number of likely N-dealkylation sites (tertiary alicyclic amines) is 1. The summed E-state index contributed by atoms with van der Waals surface area (Å²) >= 11 is 1.50.